The quantitative estimate of drug-likeness (QED) is 0.880. The van der Waals surface area contributed by atoms with Crippen molar-refractivity contribution in [2.75, 3.05) is 7.05 Å². The summed E-state index contributed by atoms with van der Waals surface area (Å²) >= 11 is 0. The molecule has 0 aliphatic heterocycles. The molecule has 1 aromatic carbocycles. The Balaban J connectivity index is 2.67. The van der Waals surface area contributed by atoms with Gasteiger partial charge in [0.2, 0.25) is 0 Å². The highest BCUT2D eigenvalue weighted by Gasteiger charge is 2.26. The van der Waals surface area contributed by atoms with Crippen LogP contribution in [-0.4, -0.2) is 41.1 Å². The SMILES string of the molecule is C[C@H](Oc1ccc(F)cc1)C(=O)N(C)[C@@H](C)C(=O)O. The van der Waals surface area contributed by atoms with E-state index in [1.54, 1.807) is 0 Å². The number of ether oxygens (including phenoxy) is 1. The summed E-state index contributed by atoms with van der Waals surface area (Å²) in [5.41, 5.74) is 0. The number of rotatable bonds is 5. The summed E-state index contributed by atoms with van der Waals surface area (Å²) in [4.78, 5) is 23.8. The molecule has 0 aromatic heterocycles. The summed E-state index contributed by atoms with van der Waals surface area (Å²) in [7, 11) is 1.39. The first-order valence-electron chi connectivity index (χ1n) is 5.74. The van der Waals surface area contributed by atoms with Crippen molar-refractivity contribution >= 4 is 11.9 Å². The van der Waals surface area contributed by atoms with E-state index in [4.69, 9.17) is 9.84 Å². The number of likely N-dealkylation sites (N-methyl/N-ethyl adjacent to an activating group) is 1. The Labute approximate surface area is 110 Å². The maximum absolute atomic E-state index is 12.7. The number of hydrogen-bond donors (Lipinski definition) is 1. The second-order valence-electron chi connectivity index (χ2n) is 4.18. The monoisotopic (exact) mass is 269 g/mol. The third kappa shape index (κ3) is 3.94. The molecule has 0 spiro atoms. The van der Waals surface area contributed by atoms with E-state index in [0.29, 0.717) is 5.75 Å². The second kappa shape index (κ2) is 6.17. The summed E-state index contributed by atoms with van der Waals surface area (Å²) in [6, 6.07) is 4.30. The van der Waals surface area contributed by atoms with Crippen molar-refractivity contribution in [2.45, 2.75) is 26.0 Å². The number of halogens is 1. The highest BCUT2D eigenvalue weighted by molar-refractivity contribution is 5.85. The van der Waals surface area contributed by atoms with Crippen molar-refractivity contribution in [3.63, 3.8) is 0 Å². The summed E-state index contributed by atoms with van der Waals surface area (Å²) in [6.07, 6.45) is -0.850. The molecular formula is C13H16FNO4. The van der Waals surface area contributed by atoms with Crippen LogP contribution in [0.5, 0.6) is 5.75 Å². The first-order valence-corrected chi connectivity index (χ1v) is 5.74. The average molecular weight is 269 g/mol. The van der Waals surface area contributed by atoms with Crippen LogP contribution in [0.1, 0.15) is 13.8 Å². The fraction of sp³-hybridized carbons (Fsp3) is 0.385. The van der Waals surface area contributed by atoms with Crippen LogP contribution in [0.3, 0.4) is 0 Å². The molecule has 0 fully saturated rings. The van der Waals surface area contributed by atoms with E-state index in [-0.39, 0.29) is 0 Å². The average Bonchev–Trinajstić information content (AvgIpc) is 2.38. The van der Waals surface area contributed by atoms with E-state index in [2.05, 4.69) is 0 Å². The van der Waals surface area contributed by atoms with Crippen molar-refractivity contribution in [1.29, 1.82) is 0 Å². The molecule has 0 saturated heterocycles. The van der Waals surface area contributed by atoms with Gasteiger partial charge in [0.05, 0.1) is 0 Å². The molecule has 0 heterocycles. The zero-order valence-electron chi connectivity index (χ0n) is 11.0. The molecule has 1 rings (SSSR count). The van der Waals surface area contributed by atoms with Gasteiger partial charge in [0.25, 0.3) is 5.91 Å². The van der Waals surface area contributed by atoms with Crippen LogP contribution in [0.4, 0.5) is 4.39 Å². The standard InChI is InChI=1S/C13H16FNO4/c1-8(13(17)18)15(3)12(16)9(2)19-11-6-4-10(14)5-7-11/h4-9H,1-3H3,(H,17,18)/t8-,9-/m0/s1. The molecule has 1 amide bonds. The molecule has 1 N–H and O–H groups in total. The number of benzene rings is 1. The van der Waals surface area contributed by atoms with Gasteiger partial charge in [-0.25, -0.2) is 9.18 Å². The van der Waals surface area contributed by atoms with Gasteiger partial charge >= 0.3 is 5.97 Å². The van der Waals surface area contributed by atoms with Crippen molar-refractivity contribution in [1.82, 2.24) is 4.90 Å². The van der Waals surface area contributed by atoms with Crippen LogP contribution >= 0.6 is 0 Å². The molecule has 0 saturated carbocycles. The van der Waals surface area contributed by atoms with Crippen LogP contribution in [-0.2, 0) is 9.59 Å². The Morgan fingerprint density at radius 2 is 1.79 bits per heavy atom. The van der Waals surface area contributed by atoms with Crippen molar-refractivity contribution in [2.24, 2.45) is 0 Å². The van der Waals surface area contributed by atoms with E-state index < -0.39 is 29.8 Å². The van der Waals surface area contributed by atoms with Gasteiger partial charge in [0, 0.05) is 7.05 Å². The molecule has 104 valence electrons. The van der Waals surface area contributed by atoms with E-state index in [1.807, 2.05) is 0 Å². The molecule has 0 unspecified atom stereocenters. The molecule has 2 atom stereocenters. The second-order valence-corrected chi connectivity index (χ2v) is 4.18. The van der Waals surface area contributed by atoms with E-state index >= 15 is 0 Å². The third-order valence-electron chi connectivity index (χ3n) is 2.76. The molecule has 0 aliphatic rings. The molecular weight excluding hydrogens is 253 g/mol. The largest absolute Gasteiger partial charge is 0.481 e. The lowest BCUT2D eigenvalue weighted by Gasteiger charge is -2.25. The lowest BCUT2D eigenvalue weighted by Crippen LogP contribution is -2.46. The van der Waals surface area contributed by atoms with Gasteiger partial charge in [-0.1, -0.05) is 0 Å². The van der Waals surface area contributed by atoms with Crippen LogP contribution < -0.4 is 4.74 Å². The molecule has 0 radical (unpaired) electrons. The van der Waals surface area contributed by atoms with Gasteiger partial charge in [-0.3, -0.25) is 4.79 Å². The van der Waals surface area contributed by atoms with E-state index in [1.165, 1.54) is 45.2 Å². The number of nitrogens with zero attached hydrogens (tertiary/aromatic N) is 1. The number of carboxylic acids is 1. The highest BCUT2D eigenvalue weighted by Crippen LogP contribution is 2.14. The van der Waals surface area contributed by atoms with Gasteiger partial charge in [0.1, 0.15) is 17.6 Å². The maximum Gasteiger partial charge on any atom is 0.326 e. The van der Waals surface area contributed by atoms with Crippen LogP contribution in [0.15, 0.2) is 24.3 Å². The molecule has 1 aromatic rings. The van der Waals surface area contributed by atoms with E-state index in [9.17, 15) is 14.0 Å². The van der Waals surface area contributed by atoms with E-state index in [0.717, 1.165) is 4.90 Å². The highest BCUT2D eigenvalue weighted by atomic mass is 19.1. The Hall–Kier alpha value is -2.11. The fourth-order valence-electron chi connectivity index (χ4n) is 1.41. The number of carboxylic acid groups (broad SMARTS) is 1. The van der Waals surface area contributed by atoms with Gasteiger partial charge < -0.3 is 14.7 Å². The molecule has 0 aliphatic carbocycles. The minimum atomic E-state index is -1.09. The summed E-state index contributed by atoms with van der Waals surface area (Å²) in [6.45, 7) is 2.92. The minimum Gasteiger partial charge on any atom is -0.481 e. The number of hydrogen-bond acceptors (Lipinski definition) is 3. The van der Waals surface area contributed by atoms with Gasteiger partial charge in [-0.2, -0.15) is 0 Å². The smallest absolute Gasteiger partial charge is 0.326 e. The third-order valence-corrected chi connectivity index (χ3v) is 2.76. The van der Waals surface area contributed by atoms with Crippen LogP contribution in [0, 0.1) is 5.82 Å². The lowest BCUT2D eigenvalue weighted by molar-refractivity contribution is -0.150. The molecule has 19 heavy (non-hydrogen) atoms. The number of carbonyl (C=O) groups excluding carboxylic acids is 1. The van der Waals surface area contributed by atoms with Crippen molar-refractivity contribution in [3.8, 4) is 5.75 Å². The molecule has 0 bridgehead atoms. The molecule has 6 heteroatoms. The minimum absolute atomic E-state index is 0.346. The number of aliphatic carboxylic acids is 1. The topological polar surface area (TPSA) is 66.8 Å². The van der Waals surface area contributed by atoms with Crippen LogP contribution in [0.2, 0.25) is 0 Å². The normalized spacial score (nSPS) is 13.5. The van der Waals surface area contributed by atoms with Gasteiger partial charge in [0.15, 0.2) is 6.10 Å². The van der Waals surface area contributed by atoms with Gasteiger partial charge in [-0.05, 0) is 38.1 Å². The summed E-state index contributed by atoms with van der Waals surface area (Å²) in [5, 5.41) is 8.83. The Morgan fingerprint density at radius 3 is 2.26 bits per heavy atom. The van der Waals surface area contributed by atoms with Crippen LogP contribution in [0.25, 0.3) is 0 Å². The zero-order valence-corrected chi connectivity index (χ0v) is 11.0. The van der Waals surface area contributed by atoms with Gasteiger partial charge in [-0.15, -0.1) is 0 Å². The van der Waals surface area contributed by atoms with Crippen molar-refractivity contribution in [3.05, 3.63) is 30.1 Å². The lowest BCUT2D eigenvalue weighted by atomic mass is 10.2. The summed E-state index contributed by atoms with van der Waals surface area (Å²) in [5.74, 6) is -1.61. The predicted molar refractivity (Wildman–Crippen MR) is 66.4 cm³/mol. The Bertz CT molecular complexity index is 460. The zero-order chi connectivity index (χ0) is 14.6. The first-order chi connectivity index (χ1) is 8.82. The fourth-order valence-corrected chi connectivity index (χ4v) is 1.41. The van der Waals surface area contributed by atoms with Crippen molar-refractivity contribution < 1.29 is 23.8 Å². The molecule has 5 nitrogen and oxygen atoms in total. The predicted octanol–water partition coefficient (Wildman–Crippen LogP) is 1.52. The number of amides is 1. The number of carbonyl (C=O) groups is 2. The first kappa shape index (κ1) is 14.9. The Kier molecular flexibility index (Phi) is 4.86. The Morgan fingerprint density at radius 1 is 1.26 bits per heavy atom. The summed E-state index contributed by atoms with van der Waals surface area (Å²) < 4.78 is 18.0. The maximum atomic E-state index is 12.7.